The maximum absolute atomic E-state index is 12.8. The molecule has 1 amide bonds. The Bertz CT molecular complexity index is 714. The number of alkyl halides is 3. The number of aromatic nitrogens is 3. The Morgan fingerprint density at radius 3 is 2.83 bits per heavy atom. The maximum atomic E-state index is 12.8. The van der Waals surface area contributed by atoms with Crippen molar-refractivity contribution in [2.24, 2.45) is 0 Å². The molecule has 2 aromatic rings. The fourth-order valence-corrected chi connectivity index (χ4v) is 2.91. The quantitative estimate of drug-likeness (QED) is 0.908. The number of hydrogen-bond acceptors (Lipinski definition) is 4. The highest BCUT2D eigenvalue weighted by Gasteiger charge is 2.44. The van der Waals surface area contributed by atoms with Crippen LogP contribution in [0.25, 0.3) is 5.65 Å². The number of amides is 1. The maximum Gasteiger partial charge on any atom is 0.404 e. The third-order valence-electron chi connectivity index (χ3n) is 4.10. The highest BCUT2D eigenvalue weighted by molar-refractivity contribution is 5.94. The average Bonchev–Trinajstić information content (AvgIpc) is 2.93. The van der Waals surface area contributed by atoms with E-state index in [-0.39, 0.29) is 24.9 Å². The summed E-state index contributed by atoms with van der Waals surface area (Å²) in [5.41, 5.74) is 1.03. The lowest BCUT2D eigenvalue weighted by Crippen LogP contribution is -2.54. The van der Waals surface area contributed by atoms with Gasteiger partial charge in [-0.3, -0.25) is 14.1 Å². The van der Waals surface area contributed by atoms with Gasteiger partial charge in [0.05, 0.1) is 5.56 Å². The van der Waals surface area contributed by atoms with Gasteiger partial charge in [0.2, 0.25) is 0 Å². The van der Waals surface area contributed by atoms with Gasteiger partial charge in [-0.05, 0) is 32.0 Å². The molecule has 1 saturated heterocycles. The van der Waals surface area contributed by atoms with Crippen LogP contribution in [0.15, 0.2) is 24.7 Å². The molecule has 6 nitrogen and oxygen atoms in total. The second kappa shape index (κ2) is 5.80. The van der Waals surface area contributed by atoms with E-state index >= 15 is 0 Å². The van der Waals surface area contributed by atoms with E-state index in [4.69, 9.17) is 0 Å². The van der Waals surface area contributed by atoms with Gasteiger partial charge >= 0.3 is 6.18 Å². The van der Waals surface area contributed by atoms with Gasteiger partial charge in [-0.25, -0.2) is 0 Å². The van der Waals surface area contributed by atoms with E-state index in [9.17, 15) is 18.0 Å². The second-order valence-corrected chi connectivity index (χ2v) is 5.76. The van der Waals surface area contributed by atoms with Gasteiger partial charge in [0.15, 0.2) is 5.65 Å². The molecule has 0 unspecified atom stereocenters. The highest BCUT2D eigenvalue weighted by Crippen LogP contribution is 2.30. The first-order valence-corrected chi connectivity index (χ1v) is 7.22. The van der Waals surface area contributed by atoms with Gasteiger partial charge in [0.25, 0.3) is 5.91 Å². The van der Waals surface area contributed by atoms with Crippen molar-refractivity contribution < 1.29 is 18.0 Å². The predicted octanol–water partition coefficient (Wildman–Crippen LogP) is 1.48. The third kappa shape index (κ3) is 3.29. The van der Waals surface area contributed by atoms with Crippen LogP contribution in [0.5, 0.6) is 0 Å². The van der Waals surface area contributed by atoms with Crippen LogP contribution >= 0.6 is 0 Å². The van der Waals surface area contributed by atoms with Crippen LogP contribution in [0.1, 0.15) is 23.2 Å². The van der Waals surface area contributed by atoms with E-state index < -0.39 is 12.2 Å². The number of hydrogen-bond donors (Lipinski definition) is 1. The molecule has 0 radical (unpaired) electrons. The Morgan fingerprint density at radius 1 is 1.35 bits per heavy atom. The molecule has 3 heterocycles. The summed E-state index contributed by atoms with van der Waals surface area (Å²) in [5, 5.41) is 10.4. The van der Waals surface area contributed by atoms with Crippen molar-refractivity contribution in [3.8, 4) is 0 Å². The van der Waals surface area contributed by atoms with Crippen LogP contribution in [0.4, 0.5) is 13.2 Å². The molecule has 1 aliphatic rings. The van der Waals surface area contributed by atoms with Crippen LogP contribution in [-0.2, 0) is 0 Å². The van der Waals surface area contributed by atoms with Crippen LogP contribution in [0.3, 0.4) is 0 Å². The second-order valence-electron chi connectivity index (χ2n) is 5.76. The van der Waals surface area contributed by atoms with Crippen LogP contribution < -0.4 is 5.32 Å². The zero-order valence-corrected chi connectivity index (χ0v) is 12.4. The Morgan fingerprint density at radius 2 is 2.13 bits per heavy atom. The Kier molecular flexibility index (Phi) is 3.97. The number of halogens is 3. The molecule has 1 fully saturated rings. The van der Waals surface area contributed by atoms with Crippen molar-refractivity contribution in [1.82, 2.24) is 24.8 Å². The summed E-state index contributed by atoms with van der Waals surface area (Å²) in [6, 6.07) is 1.53. The molecule has 2 atom stereocenters. The molecule has 23 heavy (non-hydrogen) atoms. The summed E-state index contributed by atoms with van der Waals surface area (Å²) in [6.45, 7) is 0.171. The van der Waals surface area contributed by atoms with Crippen molar-refractivity contribution in [3.05, 3.63) is 30.2 Å². The lowest BCUT2D eigenvalue weighted by atomic mass is 9.98. The van der Waals surface area contributed by atoms with E-state index in [1.807, 2.05) is 0 Å². The van der Waals surface area contributed by atoms with Crippen LogP contribution in [0, 0.1) is 0 Å². The number of carbonyl (C=O) groups is 1. The molecule has 2 aromatic heterocycles. The van der Waals surface area contributed by atoms with Gasteiger partial charge < -0.3 is 5.32 Å². The van der Waals surface area contributed by atoms with Crippen molar-refractivity contribution in [2.75, 3.05) is 13.6 Å². The zero-order chi connectivity index (χ0) is 16.6. The normalized spacial score (nSPS) is 23.1. The first-order chi connectivity index (χ1) is 10.8. The number of pyridine rings is 1. The van der Waals surface area contributed by atoms with Gasteiger partial charge in [0, 0.05) is 18.8 Å². The molecule has 0 bridgehead atoms. The fraction of sp³-hybridized carbons (Fsp3) is 0.500. The molecule has 0 spiro atoms. The standard InChI is InChI=1S/C14H16F3N5O/c1-21-7-10(3-4-11(21)14(15,16)17)19-13(23)9-2-5-12-20-18-8-22(12)6-9/h2,5-6,8,10-11H,3-4,7H2,1H3,(H,19,23)/t10-,11+/m1/s1. The number of fused-ring (bicyclic) bond motifs is 1. The summed E-state index contributed by atoms with van der Waals surface area (Å²) in [7, 11) is 1.43. The summed E-state index contributed by atoms with van der Waals surface area (Å²) in [4.78, 5) is 13.5. The smallest absolute Gasteiger partial charge is 0.348 e. The minimum absolute atomic E-state index is 0.0184. The molecule has 3 rings (SSSR count). The van der Waals surface area contributed by atoms with Crippen molar-refractivity contribution in [2.45, 2.75) is 31.1 Å². The van der Waals surface area contributed by atoms with E-state index in [0.29, 0.717) is 17.6 Å². The highest BCUT2D eigenvalue weighted by atomic mass is 19.4. The van der Waals surface area contributed by atoms with Gasteiger partial charge in [0.1, 0.15) is 12.4 Å². The third-order valence-corrected chi connectivity index (χ3v) is 4.10. The molecule has 0 saturated carbocycles. The lowest BCUT2D eigenvalue weighted by Gasteiger charge is -2.38. The summed E-state index contributed by atoms with van der Waals surface area (Å²) >= 11 is 0. The molecule has 0 aromatic carbocycles. The summed E-state index contributed by atoms with van der Waals surface area (Å²) in [6.07, 6.45) is -0.877. The first-order valence-electron chi connectivity index (χ1n) is 7.22. The summed E-state index contributed by atoms with van der Waals surface area (Å²) in [5.74, 6) is -0.315. The zero-order valence-electron chi connectivity index (χ0n) is 12.4. The van der Waals surface area contributed by atoms with Crippen molar-refractivity contribution in [3.63, 3.8) is 0 Å². The minimum atomic E-state index is -4.23. The van der Waals surface area contributed by atoms with E-state index in [1.54, 1.807) is 22.7 Å². The number of piperidine rings is 1. The number of likely N-dealkylation sites (tertiary alicyclic amines) is 1. The van der Waals surface area contributed by atoms with Gasteiger partial charge in [-0.1, -0.05) is 0 Å². The number of nitrogens with one attached hydrogen (secondary N) is 1. The molecular formula is C14H16F3N5O. The lowest BCUT2D eigenvalue weighted by molar-refractivity contribution is -0.188. The largest absolute Gasteiger partial charge is 0.404 e. The number of nitrogens with zero attached hydrogens (tertiary/aromatic N) is 4. The van der Waals surface area contributed by atoms with Crippen molar-refractivity contribution in [1.29, 1.82) is 0 Å². The fourth-order valence-electron chi connectivity index (χ4n) is 2.91. The number of likely N-dealkylation sites (N-methyl/N-ethyl adjacent to an activating group) is 1. The van der Waals surface area contributed by atoms with E-state index in [1.165, 1.54) is 18.3 Å². The molecule has 0 aliphatic carbocycles. The predicted molar refractivity (Wildman–Crippen MR) is 75.9 cm³/mol. The molecular weight excluding hydrogens is 311 g/mol. The Labute approximate surface area is 130 Å². The van der Waals surface area contributed by atoms with E-state index in [0.717, 1.165) is 0 Å². The number of carbonyl (C=O) groups excluding carboxylic acids is 1. The SMILES string of the molecule is CN1C[C@H](NC(=O)c2ccc3nncn3c2)CC[C@H]1C(F)(F)F. The van der Waals surface area contributed by atoms with Crippen LogP contribution in [0.2, 0.25) is 0 Å². The van der Waals surface area contributed by atoms with Crippen LogP contribution in [-0.4, -0.2) is 57.3 Å². The van der Waals surface area contributed by atoms with E-state index in [2.05, 4.69) is 15.5 Å². The molecule has 1 N–H and O–H groups in total. The minimum Gasteiger partial charge on any atom is -0.348 e. The molecule has 1 aliphatic heterocycles. The summed E-state index contributed by atoms with van der Waals surface area (Å²) < 4.78 is 40.1. The Hall–Kier alpha value is -2.16. The van der Waals surface area contributed by atoms with Gasteiger partial charge in [-0.2, -0.15) is 13.2 Å². The molecule has 124 valence electrons. The molecule has 9 heteroatoms. The monoisotopic (exact) mass is 327 g/mol. The van der Waals surface area contributed by atoms with Gasteiger partial charge in [-0.15, -0.1) is 10.2 Å². The topological polar surface area (TPSA) is 62.5 Å². The first kappa shape index (κ1) is 15.7. The average molecular weight is 327 g/mol. The number of rotatable bonds is 2. The Balaban J connectivity index is 1.64. The van der Waals surface area contributed by atoms with Crippen molar-refractivity contribution >= 4 is 11.6 Å².